The molecule has 4 rings (SSSR count). The molecule has 1 aliphatic rings. The second kappa shape index (κ2) is 11.4. The van der Waals surface area contributed by atoms with Crippen LogP contribution in [0.5, 0.6) is 5.75 Å². The van der Waals surface area contributed by atoms with Crippen LogP contribution in [0, 0.1) is 0 Å². The lowest BCUT2D eigenvalue weighted by atomic mass is 10.0. The predicted molar refractivity (Wildman–Crippen MR) is 132 cm³/mol. The molecule has 0 aliphatic carbocycles. The molecule has 2 heterocycles. The van der Waals surface area contributed by atoms with Crippen molar-refractivity contribution < 1.29 is 14.3 Å². The fourth-order valence-corrected chi connectivity index (χ4v) is 4.11. The van der Waals surface area contributed by atoms with Gasteiger partial charge in [0.1, 0.15) is 12.3 Å². The number of piperidine rings is 1. The lowest BCUT2D eigenvalue weighted by Gasteiger charge is -2.34. The predicted octanol–water partition coefficient (Wildman–Crippen LogP) is 3.52. The summed E-state index contributed by atoms with van der Waals surface area (Å²) in [5, 5.41) is 3.56. The zero-order valence-corrected chi connectivity index (χ0v) is 19.4. The first-order valence-corrected chi connectivity index (χ1v) is 11.5. The first-order chi connectivity index (χ1) is 16.6. The van der Waals surface area contributed by atoms with Crippen LogP contribution in [0.15, 0.2) is 79.1 Å². The number of aromatic nitrogens is 1. The number of nitrogens with zero attached hydrogens (tertiary/aromatic N) is 3. The molecule has 1 aromatic heterocycles. The van der Waals surface area contributed by atoms with Gasteiger partial charge in [-0.05, 0) is 60.9 Å². The van der Waals surface area contributed by atoms with E-state index in [1.807, 2.05) is 47.5 Å². The third-order valence-corrected chi connectivity index (χ3v) is 6.11. The molecule has 176 valence electrons. The Morgan fingerprint density at radius 1 is 1.03 bits per heavy atom. The number of benzene rings is 2. The lowest BCUT2D eigenvalue weighted by Crippen LogP contribution is -2.48. The maximum absolute atomic E-state index is 13.3. The molecule has 1 saturated heterocycles. The Hall–Kier alpha value is -3.71. The Bertz CT molecular complexity index is 1070. The number of para-hydroxylation sites is 1. The van der Waals surface area contributed by atoms with E-state index in [4.69, 9.17) is 4.74 Å². The van der Waals surface area contributed by atoms with E-state index in [-0.39, 0.29) is 18.4 Å². The van der Waals surface area contributed by atoms with Gasteiger partial charge in [0.15, 0.2) is 0 Å². The van der Waals surface area contributed by atoms with Gasteiger partial charge in [0, 0.05) is 49.3 Å². The maximum Gasteiger partial charge on any atom is 0.258 e. The van der Waals surface area contributed by atoms with E-state index in [0.29, 0.717) is 36.1 Å². The standard InChI is InChI=1S/C27H30N4O3/c1-34-25-11-9-22(10-12-25)27(33)31(24-7-3-2-4-8-24)20-26(32)30-16-13-23(14-17-30)29-19-21-6-5-15-28-18-21/h2-12,15,18,23,29H,13-14,16-17,19-20H2,1H3. The largest absolute Gasteiger partial charge is 0.497 e. The van der Waals surface area contributed by atoms with Gasteiger partial charge in [-0.1, -0.05) is 24.3 Å². The minimum Gasteiger partial charge on any atom is -0.497 e. The van der Waals surface area contributed by atoms with E-state index in [1.165, 1.54) is 0 Å². The Kier molecular flexibility index (Phi) is 7.88. The van der Waals surface area contributed by atoms with Crippen molar-refractivity contribution in [2.45, 2.75) is 25.4 Å². The molecular formula is C27H30N4O3. The lowest BCUT2D eigenvalue weighted by molar-refractivity contribution is -0.130. The average Bonchev–Trinajstić information content (AvgIpc) is 2.91. The van der Waals surface area contributed by atoms with E-state index in [9.17, 15) is 9.59 Å². The van der Waals surface area contributed by atoms with Crippen LogP contribution in [0.2, 0.25) is 0 Å². The summed E-state index contributed by atoms with van der Waals surface area (Å²) in [5.74, 6) is 0.422. The number of hydrogen-bond acceptors (Lipinski definition) is 5. The molecule has 1 aliphatic heterocycles. The fourth-order valence-electron chi connectivity index (χ4n) is 4.11. The van der Waals surface area contributed by atoms with Crippen molar-refractivity contribution in [3.8, 4) is 5.75 Å². The second-order valence-electron chi connectivity index (χ2n) is 8.35. The normalized spacial score (nSPS) is 14.0. The van der Waals surface area contributed by atoms with Crippen LogP contribution < -0.4 is 15.0 Å². The first kappa shape index (κ1) is 23.4. The highest BCUT2D eigenvalue weighted by molar-refractivity contribution is 6.08. The molecule has 34 heavy (non-hydrogen) atoms. The number of likely N-dealkylation sites (tertiary alicyclic amines) is 1. The minimum atomic E-state index is -0.213. The highest BCUT2D eigenvalue weighted by Crippen LogP contribution is 2.20. The first-order valence-electron chi connectivity index (χ1n) is 11.5. The van der Waals surface area contributed by atoms with Gasteiger partial charge in [0.05, 0.1) is 7.11 Å². The number of rotatable bonds is 8. The molecule has 3 aromatic rings. The summed E-state index contributed by atoms with van der Waals surface area (Å²) in [6.45, 7) is 2.11. The van der Waals surface area contributed by atoms with Gasteiger partial charge in [0.2, 0.25) is 5.91 Å². The Morgan fingerprint density at radius 3 is 2.41 bits per heavy atom. The summed E-state index contributed by atoms with van der Waals surface area (Å²) in [7, 11) is 1.59. The second-order valence-corrected chi connectivity index (χ2v) is 8.35. The van der Waals surface area contributed by atoms with Crippen molar-refractivity contribution in [3.05, 3.63) is 90.3 Å². The van der Waals surface area contributed by atoms with Crippen molar-refractivity contribution in [3.63, 3.8) is 0 Å². The van der Waals surface area contributed by atoms with Gasteiger partial charge in [0.25, 0.3) is 5.91 Å². The summed E-state index contributed by atoms with van der Waals surface area (Å²) in [5.41, 5.74) is 2.36. The van der Waals surface area contributed by atoms with Crippen molar-refractivity contribution >= 4 is 17.5 Å². The maximum atomic E-state index is 13.3. The van der Waals surface area contributed by atoms with E-state index >= 15 is 0 Å². The molecular weight excluding hydrogens is 428 g/mol. The topological polar surface area (TPSA) is 74.8 Å². The highest BCUT2D eigenvalue weighted by atomic mass is 16.5. The van der Waals surface area contributed by atoms with Crippen LogP contribution >= 0.6 is 0 Å². The van der Waals surface area contributed by atoms with Crippen molar-refractivity contribution in [1.82, 2.24) is 15.2 Å². The monoisotopic (exact) mass is 458 g/mol. The third-order valence-electron chi connectivity index (χ3n) is 6.11. The molecule has 2 aromatic carbocycles. The molecule has 2 amide bonds. The quantitative estimate of drug-likeness (QED) is 0.559. The van der Waals surface area contributed by atoms with Crippen LogP contribution in [0.25, 0.3) is 0 Å². The molecule has 7 heteroatoms. The summed E-state index contributed by atoms with van der Waals surface area (Å²) < 4.78 is 5.20. The number of ether oxygens (including phenoxy) is 1. The molecule has 0 atom stereocenters. The number of nitrogens with one attached hydrogen (secondary N) is 1. The Balaban J connectivity index is 1.37. The molecule has 1 fully saturated rings. The zero-order valence-electron chi connectivity index (χ0n) is 19.4. The van der Waals surface area contributed by atoms with E-state index < -0.39 is 0 Å². The van der Waals surface area contributed by atoms with Crippen molar-refractivity contribution in [2.75, 3.05) is 31.6 Å². The Morgan fingerprint density at radius 2 is 1.76 bits per heavy atom. The van der Waals surface area contributed by atoms with Gasteiger partial charge in [-0.2, -0.15) is 0 Å². The third kappa shape index (κ3) is 5.99. The molecule has 0 unspecified atom stereocenters. The summed E-state index contributed by atoms with van der Waals surface area (Å²) in [6, 6.07) is 20.6. The summed E-state index contributed by atoms with van der Waals surface area (Å²) in [6.07, 6.45) is 5.39. The Labute approximate surface area is 200 Å². The van der Waals surface area contributed by atoms with Gasteiger partial charge in [-0.25, -0.2) is 0 Å². The molecule has 7 nitrogen and oxygen atoms in total. The summed E-state index contributed by atoms with van der Waals surface area (Å²) >= 11 is 0. The SMILES string of the molecule is COc1ccc(C(=O)N(CC(=O)N2CCC(NCc3cccnc3)CC2)c2ccccc2)cc1. The van der Waals surface area contributed by atoms with Crippen molar-refractivity contribution in [2.24, 2.45) is 0 Å². The smallest absolute Gasteiger partial charge is 0.258 e. The van der Waals surface area contributed by atoms with Crippen LogP contribution in [0.1, 0.15) is 28.8 Å². The number of carbonyl (C=O) groups is 2. The number of pyridine rings is 1. The fraction of sp³-hybridized carbons (Fsp3) is 0.296. The highest BCUT2D eigenvalue weighted by Gasteiger charge is 2.27. The van der Waals surface area contributed by atoms with Gasteiger partial charge in [-0.3, -0.25) is 19.5 Å². The van der Waals surface area contributed by atoms with Crippen molar-refractivity contribution in [1.29, 1.82) is 0 Å². The minimum absolute atomic E-state index is 0.00263. The molecule has 1 N–H and O–H groups in total. The average molecular weight is 459 g/mol. The van der Waals surface area contributed by atoms with Crippen LogP contribution in [0.3, 0.4) is 0 Å². The zero-order chi connectivity index (χ0) is 23.8. The number of carbonyl (C=O) groups excluding carboxylic acids is 2. The molecule has 0 spiro atoms. The number of hydrogen-bond donors (Lipinski definition) is 1. The van der Waals surface area contributed by atoms with E-state index in [0.717, 1.165) is 24.9 Å². The molecule has 0 bridgehead atoms. The van der Waals surface area contributed by atoms with Crippen LogP contribution in [-0.4, -0.2) is 54.5 Å². The van der Waals surface area contributed by atoms with Gasteiger partial charge in [-0.15, -0.1) is 0 Å². The van der Waals surface area contributed by atoms with Crippen LogP contribution in [-0.2, 0) is 11.3 Å². The molecule has 0 saturated carbocycles. The molecule has 0 radical (unpaired) electrons. The van der Waals surface area contributed by atoms with Gasteiger partial charge < -0.3 is 15.0 Å². The summed E-state index contributed by atoms with van der Waals surface area (Å²) in [4.78, 5) is 34.1. The van der Waals surface area contributed by atoms with Gasteiger partial charge >= 0.3 is 0 Å². The van der Waals surface area contributed by atoms with E-state index in [2.05, 4.69) is 16.4 Å². The van der Waals surface area contributed by atoms with Crippen LogP contribution in [0.4, 0.5) is 5.69 Å². The number of anilines is 1. The number of amides is 2. The number of methoxy groups -OCH3 is 1. The van der Waals surface area contributed by atoms with E-state index in [1.54, 1.807) is 42.5 Å².